The Morgan fingerprint density at radius 3 is 1.97 bits per heavy atom. The molecule has 1 unspecified atom stereocenters. The fourth-order valence-electron chi connectivity index (χ4n) is 3.04. The van der Waals surface area contributed by atoms with Gasteiger partial charge in [-0.25, -0.2) is 0 Å². The lowest BCUT2D eigenvalue weighted by molar-refractivity contribution is -0.144. The highest BCUT2D eigenvalue weighted by Gasteiger charge is 2.35. The molecule has 0 spiro atoms. The molecule has 2 aromatic rings. The number of rotatable bonds is 11. The van der Waals surface area contributed by atoms with E-state index in [0.717, 1.165) is 19.3 Å². The molecule has 8 heteroatoms. The summed E-state index contributed by atoms with van der Waals surface area (Å²) in [6.45, 7) is 2.35. The summed E-state index contributed by atoms with van der Waals surface area (Å²) in [5.74, 6) is -1.13. The quantitative estimate of drug-likeness (QED) is 0.159. The van der Waals surface area contributed by atoms with Crippen LogP contribution in [0, 0.1) is 0 Å². The highest BCUT2D eigenvalue weighted by atomic mass is 31.0. The van der Waals surface area contributed by atoms with Gasteiger partial charge in [0.2, 0.25) is 0 Å². The van der Waals surface area contributed by atoms with E-state index < -0.39 is 17.7 Å². The second kappa shape index (κ2) is 14.1. The van der Waals surface area contributed by atoms with Crippen molar-refractivity contribution in [2.75, 3.05) is 27.9 Å². The molecular formula is C23H29O7P. The minimum absolute atomic E-state index is 0.176. The summed E-state index contributed by atoms with van der Waals surface area (Å²) in [6.07, 6.45) is 2.73. The Balaban J connectivity index is 0.00000233. The van der Waals surface area contributed by atoms with Crippen molar-refractivity contribution in [3.63, 3.8) is 0 Å². The van der Waals surface area contributed by atoms with E-state index >= 15 is 0 Å². The van der Waals surface area contributed by atoms with Crippen LogP contribution in [0.25, 0.3) is 0 Å². The average molecular weight is 448 g/mol. The Morgan fingerprint density at radius 2 is 1.48 bits per heavy atom. The van der Waals surface area contributed by atoms with Gasteiger partial charge in [0.25, 0.3) is 0 Å². The van der Waals surface area contributed by atoms with E-state index in [1.807, 2.05) is 6.07 Å². The standard InChI is InChI=1S/C23H28O6.HOP/c1-5-6-10-13-29-23(25)20(16-11-8-7-9-12-16)22(24)21-18(27-3)14-17(26-2)15-19(21)28-4;1-2/h7-9,11-12,14-15,20H,5-6,10,13H2,1-4H3;2H. The van der Waals surface area contributed by atoms with E-state index in [9.17, 15) is 9.59 Å². The Bertz CT molecular complexity index is 814. The van der Waals surface area contributed by atoms with Gasteiger partial charge in [-0.2, -0.15) is 0 Å². The van der Waals surface area contributed by atoms with Crippen molar-refractivity contribution in [1.82, 2.24) is 0 Å². The lowest BCUT2D eigenvalue weighted by Gasteiger charge is -2.19. The molecule has 0 bridgehead atoms. The predicted molar refractivity (Wildman–Crippen MR) is 119 cm³/mol. The van der Waals surface area contributed by atoms with Crippen LogP contribution in [0.15, 0.2) is 42.5 Å². The Hall–Kier alpha value is -2.92. The third-order valence-electron chi connectivity index (χ3n) is 4.58. The number of ether oxygens (including phenoxy) is 4. The Labute approximate surface area is 185 Å². The number of carbonyl (C=O) groups is 2. The molecule has 0 heterocycles. The molecule has 7 nitrogen and oxygen atoms in total. The average Bonchev–Trinajstić information content (AvgIpc) is 2.82. The number of methoxy groups -OCH3 is 3. The van der Waals surface area contributed by atoms with E-state index in [4.69, 9.17) is 23.5 Å². The first-order valence-corrected chi connectivity index (χ1v) is 10.2. The van der Waals surface area contributed by atoms with Crippen LogP contribution >= 0.6 is 9.12 Å². The lowest BCUT2D eigenvalue weighted by Crippen LogP contribution is -2.25. The van der Waals surface area contributed by atoms with Crippen LogP contribution in [0.4, 0.5) is 0 Å². The van der Waals surface area contributed by atoms with Gasteiger partial charge in [-0.05, 0) is 12.0 Å². The first-order chi connectivity index (χ1) is 15.1. The van der Waals surface area contributed by atoms with E-state index in [1.165, 1.54) is 21.3 Å². The second-order valence-corrected chi connectivity index (χ2v) is 6.49. The topological polar surface area (TPSA) is 88.1 Å². The molecule has 0 amide bonds. The smallest absolute Gasteiger partial charge is 0.321 e. The van der Waals surface area contributed by atoms with Gasteiger partial charge in [-0.3, -0.25) is 14.2 Å². The molecule has 31 heavy (non-hydrogen) atoms. The molecule has 0 aromatic heterocycles. The Morgan fingerprint density at radius 1 is 0.903 bits per heavy atom. The summed E-state index contributed by atoms with van der Waals surface area (Å²) < 4.78 is 29.5. The summed E-state index contributed by atoms with van der Waals surface area (Å²) in [5, 5.41) is 0. The molecule has 0 fully saturated rings. The zero-order valence-electron chi connectivity index (χ0n) is 18.3. The largest absolute Gasteiger partial charge is 0.496 e. The van der Waals surface area contributed by atoms with Crippen molar-refractivity contribution in [1.29, 1.82) is 0 Å². The predicted octanol–water partition coefficient (Wildman–Crippen LogP) is 4.89. The first kappa shape index (κ1) is 26.1. The maximum atomic E-state index is 13.5. The summed E-state index contributed by atoms with van der Waals surface area (Å²) >= 11 is 0. The monoisotopic (exact) mass is 448 g/mol. The van der Waals surface area contributed by atoms with Crippen LogP contribution in [0.1, 0.15) is 48.0 Å². The molecule has 1 atom stereocenters. The van der Waals surface area contributed by atoms with E-state index in [-0.39, 0.29) is 23.7 Å². The third kappa shape index (κ3) is 7.07. The van der Waals surface area contributed by atoms with Crippen molar-refractivity contribution in [2.24, 2.45) is 0 Å². The fourth-order valence-corrected chi connectivity index (χ4v) is 3.04. The van der Waals surface area contributed by atoms with Gasteiger partial charge in [-0.15, -0.1) is 0 Å². The molecule has 2 rings (SSSR count). The van der Waals surface area contributed by atoms with Crippen LogP contribution in [0.3, 0.4) is 0 Å². The molecule has 0 aliphatic heterocycles. The number of hydrogen-bond acceptors (Lipinski definition) is 7. The molecule has 168 valence electrons. The molecule has 0 saturated carbocycles. The number of benzene rings is 2. The number of hydrogen-bond donors (Lipinski definition) is 0. The molecule has 0 N–H and O–H groups in total. The van der Waals surface area contributed by atoms with Crippen LogP contribution in [-0.4, -0.2) is 39.7 Å². The SMILES string of the molecule is CCCCCOC(=O)C(C(=O)c1c(OC)cc(OC)cc1OC)c1ccccc1.O=P. The number of esters is 1. The zero-order valence-corrected chi connectivity index (χ0v) is 19.3. The van der Waals surface area contributed by atoms with Crippen molar-refractivity contribution < 1.29 is 33.1 Å². The van der Waals surface area contributed by atoms with Gasteiger partial charge in [0.1, 0.15) is 37.8 Å². The number of carbonyl (C=O) groups excluding carboxylic acids is 2. The number of Topliss-reactive ketones (excluding diaryl/α,β-unsaturated/α-hetero) is 1. The summed E-state index contributed by atoms with van der Waals surface area (Å²) in [5.41, 5.74) is 0.730. The highest BCUT2D eigenvalue weighted by molar-refractivity contribution is 7.00. The maximum Gasteiger partial charge on any atom is 0.321 e. The number of ketones is 1. The van der Waals surface area contributed by atoms with Crippen molar-refractivity contribution in [3.05, 3.63) is 53.6 Å². The van der Waals surface area contributed by atoms with Gasteiger partial charge in [-0.1, -0.05) is 50.1 Å². The molecule has 0 aliphatic rings. The van der Waals surface area contributed by atoms with Crippen LogP contribution in [0.5, 0.6) is 17.2 Å². The number of unbranched alkanes of at least 4 members (excludes halogenated alkanes) is 2. The molecule has 0 radical (unpaired) electrons. The van der Waals surface area contributed by atoms with Crippen LogP contribution in [0.2, 0.25) is 0 Å². The zero-order chi connectivity index (χ0) is 23.2. The minimum Gasteiger partial charge on any atom is -0.496 e. The minimum atomic E-state index is -1.12. The van der Waals surface area contributed by atoms with E-state index in [0.29, 0.717) is 11.3 Å². The van der Waals surface area contributed by atoms with Crippen molar-refractivity contribution in [2.45, 2.75) is 32.1 Å². The van der Waals surface area contributed by atoms with Gasteiger partial charge in [0.05, 0.1) is 27.9 Å². The van der Waals surface area contributed by atoms with E-state index in [2.05, 4.69) is 6.92 Å². The van der Waals surface area contributed by atoms with Gasteiger partial charge >= 0.3 is 5.97 Å². The van der Waals surface area contributed by atoms with Gasteiger partial charge in [0.15, 0.2) is 5.78 Å². The Kier molecular flexibility index (Phi) is 11.9. The summed E-state index contributed by atoms with van der Waals surface area (Å²) in [4.78, 5) is 26.4. The van der Waals surface area contributed by atoms with Crippen molar-refractivity contribution in [3.8, 4) is 17.2 Å². The normalized spacial score (nSPS) is 10.8. The highest BCUT2D eigenvalue weighted by Crippen LogP contribution is 2.37. The van der Waals surface area contributed by atoms with Crippen LogP contribution in [-0.2, 0) is 14.1 Å². The van der Waals surface area contributed by atoms with Crippen LogP contribution < -0.4 is 14.2 Å². The summed E-state index contributed by atoms with van der Waals surface area (Å²) in [6, 6.07) is 12.0. The third-order valence-corrected chi connectivity index (χ3v) is 4.58. The summed E-state index contributed by atoms with van der Waals surface area (Å²) in [7, 11) is 6.13. The lowest BCUT2D eigenvalue weighted by atomic mass is 9.89. The van der Waals surface area contributed by atoms with E-state index in [1.54, 1.807) is 45.5 Å². The molecule has 0 aliphatic carbocycles. The molecule has 0 saturated heterocycles. The second-order valence-electron chi connectivity index (χ2n) is 6.49. The first-order valence-electron chi connectivity index (χ1n) is 9.83. The maximum absolute atomic E-state index is 13.5. The molecule has 2 aromatic carbocycles. The van der Waals surface area contributed by atoms with Crippen molar-refractivity contribution >= 4 is 20.9 Å². The molecular weight excluding hydrogens is 419 g/mol. The fraction of sp³-hybridized carbons (Fsp3) is 0.391. The van der Waals surface area contributed by atoms with Gasteiger partial charge in [0, 0.05) is 12.1 Å². The van der Waals surface area contributed by atoms with Gasteiger partial charge < -0.3 is 18.9 Å².